The molecule has 4 nitrogen and oxygen atoms in total. The minimum Gasteiger partial charge on any atom is -0.495 e. The van der Waals surface area contributed by atoms with Crippen LogP contribution in [-0.4, -0.2) is 30.6 Å². The largest absolute Gasteiger partial charge is 0.495 e. The lowest BCUT2D eigenvalue weighted by Crippen LogP contribution is -2.43. The minimum absolute atomic E-state index is 0.0987. The zero-order chi connectivity index (χ0) is 22.0. The molecule has 0 spiro atoms. The van der Waals surface area contributed by atoms with E-state index in [1.807, 2.05) is 25.2 Å². The van der Waals surface area contributed by atoms with Gasteiger partial charge in [-0.1, -0.05) is 45.4 Å². The lowest BCUT2D eigenvalue weighted by molar-refractivity contribution is -0.119. The van der Waals surface area contributed by atoms with Gasteiger partial charge >= 0.3 is 0 Å². The molecule has 0 bridgehead atoms. The van der Waals surface area contributed by atoms with Gasteiger partial charge in [0.25, 0.3) is 0 Å². The molecule has 0 aromatic heterocycles. The normalized spacial score (nSPS) is 23.5. The minimum atomic E-state index is -0.359. The van der Waals surface area contributed by atoms with Gasteiger partial charge in [-0.05, 0) is 41.4 Å². The van der Waals surface area contributed by atoms with Crippen molar-refractivity contribution >= 4 is 23.2 Å². The second-order valence-corrected chi connectivity index (χ2v) is 10.9. The van der Waals surface area contributed by atoms with Crippen LogP contribution >= 0.6 is 11.6 Å². The van der Waals surface area contributed by atoms with Crippen LogP contribution in [0, 0.1) is 10.8 Å². The maximum Gasteiger partial charge on any atom is 0.162 e. The number of hydrogen-bond donors (Lipinski definition) is 0. The number of benzene rings is 1. The summed E-state index contributed by atoms with van der Waals surface area (Å²) in [6, 6.07) is 5.62. The van der Waals surface area contributed by atoms with Crippen LogP contribution in [0.15, 0.2) is 40.7 Å². The van der Waals surface area contributed by atoms with Gasteiger partial charge in [-0.2, -0.15) is 0 Å². The highest BCUT2D eigenvalue weighted by Gasteiger charge is 2.48. The molecule has 1 aromatic carbocycles. The molecule has 0 unspecified atom stereocenters. The van der Waals surface area contributed by atoms with Crippen LogP contribution in [0.4, 0.5) is 0 Å². The molecule has 30 heavy (non-hydrogen) atoms. The van der Waals surface area contributed by atoms with E-state index in [-0.39, 0.29) is 28.3 Å². The number of carbonyl (C=O) groups excluding carboxylic acids is 2. The molecule has 0 saturated heterocycles. The summed E-state index contributed by atoms with van der Waals surface area (Å²) in [5.74, 6) is 0.495. The van der Waals surface area contributed by atoms with Crippen molar-refractivity contribution in [1.82, 2.24) is 4.90 Å². The van der Waals surface area contributed by atoms with E-state index in [0.717, 1.165) is 40.9 Å². The Balaban J connectivity index is 1.96. The molecule has 1 aliphatic heterocycles. The highest BCUT2D eigenvalue weighted by atomic mass is 35.5. The van der Waals surface area contributed by atoms with Crippen molar-refractivity contribution in [3.05, 3.63) is 51.3 Å². The molecular formula is C25H30ClNO3. The Bertz CT molecular complexity index is 961. The summed E-state index contributed by atoms with van der Waals surface area (Å²) < 4.78 is 5.32. The third-order valence-corrected chi connectivity index (χ3v) is 6.98. The topological polar surface area (TPSA) is 46.6 Å². The molecule has 3 aliphatic rings. The maximum atomic E-state index is 13.4. The average Bonchev–Trinajstić information content (AvgIpc) is 2.61. The standard InChI is InChI=1S/C25H30ClNO3/c1-24(2)10-16-22(18(28)12-24)21(14-7-8-20(30-6)15(26)9-14)23-17(27(16)5)11-25(3,4)13-19(23)29/h7-9,21H,10-13H2,1-6H3. The summed E-state index contributed by atoms with van der Waals surface area (Å²) in [5, 5.41) is 0.491. The first-order valence-electron chi connectivity index (χ1n) is 10.5. The highest BCUT2D eigenvalue weighted by molar-refractivity contribution is 6.32. The van der Waals surface area contributed by atoms with Gasteiger partial charge < -0.3 is 9.64 Å². The second-order valence-electron chi connectivity index (χ2n) is 10.5. The lowest BCUT2D eigenvalue weighted by Gasteiger charge is -2.47. The van der Waals surface area contributed by atoms with E-state index in [2.05, 4.69) is 32.6 Å². The summed E-state index contributed by atoms with van der Waals surface area (Å²) in [4.78, 5) is 29.0. The average molecular weight is 428 g/mol. The molecule has 1 heterocycles. The van der Waals surface area contributed by atoms with Crippen LogP contribution in [-0.2, 0) is 9.59 Å². The predicted octanol–water partition coefficient (Wildman–Crippen LogP) is 5.66. The number of rotatable bonds is 2. The summed E-state index contributed by atoms with van der Waals surface area (Å²) >= 11 is 6.45. The number of ketones is 2. The van der Waals surface area contributed by atoms with E-state index < -0.39 is 0 Å². The third kappa shape index (κ3) is 3.39. The highest BCUT2D eigenvalue weighted by Crippen LogP contribution is 2.54. The fourth-order valence-corrected chi connectivity index (χ4v) is 5.63. The Kier molecular flexibility index (Phi) is 4.93. The van der Waals surface area contributed by atoms with E-state index in [4.69, 9.17) is 16.3 Å². The number of hydrogen-bond acceptors (Lipinski definition) is 4. The van der Waals surface area contributed by atoms with Crippen molar-refractivity contribution in [2.24, 2.45) is 10.8 Å². The molecule has 0 amide bonds. The van der Waals surface area contributed by atoms with Gasteiger partial charge in [0.05, 0.1) is 12.1 Å². The molecular weight excluding hydrogens is 398 g/mol. The molecule has 0 fully saturated rings. The first kappa shape index (κ1) is 21.2. The summed E-state index contributed by atoms with van der Waals surface area (Å²) in [6.07, 6.45) is 2.61. The fraction of sp³-hybridized carbons (Fsp3) is 0.520. The SMILES string of the molecule is COc1ccc(C2C3=C(CC(C)(C)CC3=O)N(C)C3=C2C(=O)CC(C)(C)C3)cc1Cl. The van der Waals surface area contributed by atoms with Crippen molar-refractivity contribution in [1.29, 1.82) is 0 Å². The Morgan fingerprint density at radius 2 is 1.43 bits per heavy atom. The van der Waals surface area contributed by atoms with E-state index in [9.17, 15) is 9.59 Å². The van der Waals surface area contributed by atoms with Crippen molar-refractivity contribution in [2.45, 2.75) is 59.3 Å². The molecule has 1 aromatic rings. The molecule has 2 aliphatic carbocycles. The van der Waals surface area contributed by atoms with Gasteiger partial charge in [0.15, 0.2) is 11.6 Å². The van der Waals surface area contributed by atoms with Crippen molar-refractivity contribution in [2.75, 3.05) is 14.2 Å². The van der Waals surface area contributed by atoms with Crippen molar-refractivity contribution in [3.63, 3.8) is 0 Å². The number of nitrogens with zero attached hydrogens (tertiary/aromatic N) is 1. The molecule has 0 atom stereocenters. The van der Waals surface area contributed by atoms with Crippen molar-refractivity contribution < 1.29 is 14.3 Å². The Morgan fingerprint density at radius 3 is 1.87 bits per heavy atom. The van der Waals surface area contributed by atoms with Crippen molar-refractivity contribution in [3.8, 4) is 5.75 Å². The van der Waals surface area contributed by atoms with Gasteiger partial charge in [-0.3, -0.25) is 9.59 Å². The quantitative estimate of drug-likeness (QED) is 0.610. The molecule has 0 N–H and O–H groups in total. The Labute approximate surface area is 183 Å². The van der Waals surface area contributed by atoms with Gasteiger partial charge in [0.1, 0.15) is 5.75 Å². The van der Waals surface area contributed by atoms with Crippen LogP contribution in [0.2, 0.25) is 5.02 Å². The van der Waals surface area contributed by atoms with E-state index >= 15 is 0 Å². The summed E-state index contributed by atoms with van der Waals surface area (Å²) in [5.41, 5.74) is 4.33. The first-order chi connectivity index (χ1) is 13.9. The predicted molar refractivity (Wildman–Crippen MR) is 119 cm³/mol. The molecule has 160 valence electrons. The number of ether oxygens (including phenoxy) is 1. The molecule has 5 heteroatoms. The molecule has 4 rings (SSSR count). The molecule has 0 radical (unpaired) electrons. The number of Topliss-reactive ketones (excluding diaryl/α,β-unsaturated/α-hetero) is 2. The smallest absolute Gasteiger partial charge is 0.162 e. The van der Waals surface area contributed by atoms with E-state index in [1.54, 1.807) is 7.11 Å². The van der Waals surface area contributed by atoms with Crippen LogP contribution in [0.1, 0.15) is 64.9 Å². The zero-order valence-electron chi connectivity index (χ0n) is 18.7. The third-order valence-electron chi connectivity index (χ3n) is 6.69. The van der Waals surface area contributed by atoms with Crippen LogP contribution < -0.4 is 4.74 Å². The Hall–Kier alpha value is -2.07. The maximum absolute atomic E-state index is 13.4. The zero-order valence-corrected chi connectivity index (χ0v) is 19.4. The van der Waals surface area contributed by atoms with E-state index in [0.29, 0.717) is 23.6 Å². The Morgan fingerprint density at radius 1 is 0.933 bits per heavy atom. The number of carbonyl (C=O) groups is 2. The van der Waals surface area contributed by atoms with E-state index in [1.165, 1.54) is 0 Å². The van der Waals surface area contributed by atoms with Gasteiger partial charge in [-0.25, -0.2) is 0 Å². The van der Waals surface area contributed by atoms with Gasteiger partial charge in [0.2, 0.25) is 0 Å². The first-order valence-corrected chi connectivity index (χ1v) is 10.9. The number of halogens is 1. The number of allylic oxidation sites excluding steroid dienone is 4. The van der Waals surface area contributed by atoms with Crippen LogP contribution in [0.25, 0.3) is 0 Å². The fourth-order valence-electron chi connectivity index (χ4n) is 5.36. The van der Waals surface area contributed by atoms with Gasteiger partial charge in [0, 0.05) is 48.3 Å². The second kappa shape index (κ2) is 6.98. The van der Waals surface area contributed by atoms with Crippen LogP contribution in [0.3, 0.4) is 0 Å². The van der Waals surface area contributed by atoms with Gasteiger partial charge in [-0.15, -0.1) is 0 Å². The molecule has 0 saturated carbocycles. The van der Waals surface area contributed by atoms with Crippen LogP contribution in [0.5, 0.6) is 5.75 Å². The monoisotopic (exact) mass is 427 g/mol. The summed E-state index contributed by atoms with van der Waals surface area (Å²) in [6.45, 7) is 8.56. The summed E-state index contributed by atoms with van der Waals surface area (Å²) in [7, 11) is 3.60. The number of methoxy groups -OCH3 is 1. The lowest BCUT2D eigenvalue weighted by atomic mass is 9.64.